The zero-order valence-corrected chi connectivity index (χ0v) is 17.9. The molecule has 7 heteroatoms. The molecule has 0 aromatic heterocycles. The van der Waals surface area contributed by atoms with E-state index >= 15 is 0 Å². The number of likely N-dealkylation sites (tertiary alicyclic amines) is 1. The molecule has 0 radical (unpaired) electrons. The summed E-state index contributed by atoms with van der Waals surface area (Å²) in [6.45, 7) is 3.66. The number of carbonyl (C=O) groups is 3. The number of amides is 3. The molecule has 0 aliphatic carbocycles. The van der Waals surface area contributed by atoms with E-state index in [2.05, 4.69) is 16.0 Å². The standard InChI is InChI=1S/C24H30N4O3/c1-2-7-22(29)27-21-9-6-8-20(16-21)25-17-23(30)26-19-12-10-18(11-13-19)24(31)28-14-4-3-5-15-28/h6,8-13,16,25H,2-5,7,14-15,17H2,1H3,(H,26,30)(H,27,29). The number of rotatable bonds is 8. The van der Waals surface area contributed by atoms with Gasteiger partial charge in [-0.1, -0.05) is 13.0 Å². The van der Waals surface area contributed by atoms with Crippen molar-refractivity contribution >= 4 is 34.8 Å². The van der Waals surface area contributed by atoms with E-state index in [0.29, 0.717) is 23.4 Å². The molecule has 3 N–H and O–H groups in total. The summed E-state index contributed by atoms with van der Waals surface area (Å²) < 4.78 is 0. The van der Waals surface area contributed by atoms with E-state index < -0.39 is 0 Å². The summed E-state index contributed by atoms with van der Waals surface area (Å²) in [7, 11) is 0. The molecule has 1 aliphatic rings. The molecular weight excluding hydrogens is 392 g/mol. The third kappa shape index (κ3) is 6.84. The first-order chi connectivity index (χ1) is 15.0. The van der Waals surface area contributed by atoms with Gasteiger partial charge in [0.15, 0.2) is 0 Å². The van der Waals surface area contributed by atoms with Gasteiger partial charge >= 0.3 is 0 Å². The van der Waals surface area contributed by atoms with Crippen LogP contribution in [0.15, 0.2) is 48.5 Å². The molecule has 1 aliphatic heterocycles. The summed E-state index contributed by atoms with van der Waals surface area (Å²) in [5.74, 6) is -0.180. The quantitative estimate of drug-likeness (QED) is 0.597. The van der Waals surface area contributed by atoms with E-state index in [0.717, 1.165) is 38.0 Å². The number of anilines is 3. The van der Waals surface area contributed by atoms with Gasteiger partial charge in [-0.25, -0.2) is 0 Å². The van der Waals surface area contributed by atoms with Crippen LogP contribution in [0.5, 0.6) is 0 Å². The molecule has 7 nitrogen and oxygen atoms in total. The number of hydrogen-bond donors (Lipinski definition) is 3. The molecule has 1 saturated heterocycles. The number of carbonyl (C=O) groups excluding carboxylic acids is 3. The molecule has 3 amide bonds. The van der Waals surface area contributed by atoms with Crippen molar-refractivity contribution < 1.29 is 14.4 Å². The van der Waals surface area contributed by atoms with Crippen LogP contribution in [0.2, 0.25) is 0 Å². The summed E-state index contributed by atoms with van der Waals surface area (Å²) in [5.41, 5.74) is 2.72. The van der Waals surface area contributed by atoms with Gasteiger partial charge in [-0.05, 0) is 68.1 Å². The molecule has 0 spiro atoms. The molecule has 0 saturated carbocycles. The maximum absolute atomic E-state index is 12.5. The minimum Gasteiger partial charge on any atom is -0.376 e. The highest BCUT2D eigenvalue weighted by Gasteiger charge is 2.18. The Kier molecular flexibility index (Phi) is 8.04. The van der Waals surface area contributed by atoms with Gasteiger partial charge in [0.25, 0.3) is 5.91 Å². The maximum atomic E-state index is 12.5. The third-order valence-electron chi connectivity index (χ3n) is 5.14. The Morgan fingerprint density at radius 3 is 2.23 bits per heavy atom. The lowest BCUT2D eigenvalue weighted by molar-refractivity contribution is -0.116. The van der Waals surface area contributed by atoms with Crippen LogP contribution in [0.1, 0.15) is 49.4 Å². The zero-order valence-electron chi connectivity index (χ0n) is 17.9. The number of hydrogen-bond acceptors (Lipinski definition) is 4. The van der Waals surface area contributed by atoms with Crippen LogP contribution in [0.25, 0.3) is 0 Å². The summed E-state index contributed by atoms with van der Waals surface area (Å²) in [6, 6.07) is 14.3. The fourth-order valence-electron chi connectivity index (χ4n) is 3.52. The van der Waals surface area contributed by atoms with Gasteiger partial charge in [0.05, 0.1) is 6.54 Å². The van der Waals surface area contributed by atoms with Crippen molar-refractivity contribution in [3.8, 4) is 0 Å². The Labute approximate surface area is 183 Å². The first-order valence-electron chi connectivity index (χ1n) is 10.9. The molecule has 3 rings (SSSR count). The molecule has 0 atom stereocenters. The van der Waals surface area contributed by atoms with Gasteiger partial charge in [0, 0.05) is 42.1 Å². The van der Waals surface area contributed by atoms with Crippen LogP contribution in [-0.2, 0) is 9.59 Å². The van der Waals surface area contributed by atoms with Crippen molar-refractivity contribution in [1.82, 2.24) is 4.90 Å². The minimum atomic E-state index is -0.199. The van der Waals surface area contributed by atoms with Crippen molar-refractivity contribution in [2.24, 2.45) is 0 Å². The second kappa shape index (κ2) is 11.2. The van der Waals surface area contributed by atoms with E-state index in [-0.39, 0.29) is 24.3 Å². The SMILES string of the molecule is CCCC(=O)Nc1cccc(NCC(=O)Nc2ccc(C(=O)N3CCCCC3)cc2)c1. The van der Waals surface area contributed by atoms with Crippen molar-refractivity contribution in [2.45, 2.75) is 39.0 Å². The molecule has 2 aromatic carbocycles. The van der Waals surface area contributed by atoms with Crippen LogP contribution in [0, 0.1) is 0 Å². The molecule has 164 valence electrons. The second-order valence-corrected chi connectivity index (χ2v) is 7.71. The van der Waals surface area contributed by atoms with Crippen LogP contribution in [0.4, 0.5) is 17.1 Å². The van der Waals surface area contributed by atoms with E-state index in [1.165, 1.54) is 6.42 Å². The van der Waals surface area contributed by atoms with Gasteiger partial charge in [-0.3, -0.25) is 14.4 Å². The van der Waals surface area contributed by atoms with E-state index in [1.807, 2.05) is 30.0 Å². The molecule has 0 bridgehead atoms. The van der Waals surface area contributed by atoms with Gasteiger partial charge < -0.3 is 20.9 Å². The number of nitrogens with zero attached hydrogens (tertiary/aromatic N) is 1. The molecular formula is C24H30N4O3. The lowest BCUT2D eigenvalue weighted by atomic mass is 10.1. The molecule has 1 heterocycles. The van der Waals surface area contributed by atoms with Crippen LogP contribution >= 0.6 is 0 Å². The van der Waals surface area contributed by atoms with E-state index in [9.17, 15) is 14.4 Å². The topological polar surface area (TPSA) is 90.5 Å². The average Bonchev–Trinajstić information content (AvgIpc) is 2.79. The van der Waals surface area contributed by atoms with Crippen molar-refractivity contribution in [2.75, 3.05) is 35.6 Å². The van der Waals surface area contributed by atoms with Gasteiger partial charge in [0.1, 0.15) is 0 Å². The van der Waals surface area contributed by atoms with E-state index in [4.69, 9.17) is 0 Å². The summed E-state index contributed by atoms with van der Waals surface area (Å²) in [6.07, 6.45) is 4.56. The predicted octanol–water partition coefficient (Wildman–Crippen LogP) is 4.10. The van der Waals surface area contributed by atoms with Crippen molar-refractivity contribution in [3.63, 3.8) is 0 Å². The number of nitrogens with one attached hydrogen (secondary N) is 3. The summed E-state index contributed by atoms with van der Waals surface area (Å²) in [4.78, 5) is 38.4. The highest BCUT2D eigenvalue weighted by atomic mass is 16.2. The first kappa shape index (κ1) is 22.3. The predicted molar refractivity (Wildman–Crippen MR) is 123 cm³/mol. The largest absolute Gasteiger partial charge is 0.376 e. The average molecular weight is 423 g/mol. The maximum Gasteiger partial charge on any atom is 0.253 e. The Hall–Kier alpha value is -3.35. The Morgan fingerprint density at radius 1 is 0.839 bits per heavy atom. The number of benzene rings is 2. The fourth-order valence-corrected chi connectivity index (χ4v) is 3.52. The summed E-state index contributed by atoms with van der Waals surface area (Å²) in [5, 5.41) is 8.72. The molecule has 1 fully saturated rings. The first-order valence-corrected chi connectivity index (χ1v) is 10.9. The lowest BCUT2D eigenvalue weighted by Crippen LogP contribution is -2.35. The molecule has 2 aromatic rings. The van der Waals surface area contributed by atoms with Crippen molar-refractivity contribution in [1.29, 1.82) is 0 Å². The molecule has 31 heavy (non-hydrogen) atoms. The molecule has 0 unspecified atom stereocenters. The van der Waals surface area contributed by atoms with Gasteiger partial charge in [0.2, 0.25) is 11.8 Å². The second-order valence-electron chi connectivity index (χ2n) is 7.71. The third-order valence-corrected chi connectivity index (χ3v) is 5.14. The van der Waals surface area contributed by atoms with Gasteiger partial charge in [-0.2, -0.15) is 0 Å². The highest BCUT2D eigenvalue weighted by molar-refractivity contribution is 5.97. The zero-order chi connectivity index (χ0) is 22.1. The fraction of sp³-hybridized carbons (Fsp3) is 0.375. The number of piperidine rings is 1. The Balaban J connectivity index is 1.48. The van der Waals surface area contributed by atoms with Crippen LogP contribution < -0.4 is 16.0 Å². The van der Waals surface area contributed by atoms with Crippen LogP contribution in [0.3, 0.4) is 0 Å². The Morgan fingerprint density at radius 2 is 1.52 bits per heavy atom. The Bertz CT molecular complexity index is 905. The van der Waals surface area contributed by atoms with Crippen molar-refractivity contribution in [3.05, 3.63) is 54.1 Å². The smallest absolute Gasteiger partial charge is 0.253 e. The summed E-state index contributed by atoms with van der Waals surface area (Å²) >= 11 is 0. The van der Waals surface area contributed by atoms with E-state index in [1.54, 1.807) is 30.3 Å². The normalized spacial score (nSPS) is 13.4. The van der Waals surface area contributed by atoms with Crippen LogP contribution in [-0.4, -0.2) is 42.3 Å². The van der Waals surface area contributed by atoms with Gasteiger partial charge in [-0.15, -0.1) is 0 Å². The highest BCUT2D eigenvalue weighted by Crippen LogP contribution is 2.17. The lowest BCUT2D eigenvalue weighted by Gasteiger charge is -2.26. The minimum absolute atomic E-state index is 0.0281. The monoisotopic (exact) mass is 422 g/mol.